The fraction of sp³-hybridized carbons (Fsp3) is 0.310. The smallest absolute Gasteiger partial charge is 0.264 e. The van der Waals surface area contributed by atoms with Gasteiger partial charge in [0.25, 0.3) is 10.0 Å². The number of carbonyl (C=O) groups excluding carboxylic acids is 2. The minimum Gasteiger partial charge on any atom is -0.493 e. The molecule has 0 aliphatic rings. The van der Waals surface area contributed by atoms with Crippen LogP contribution in [0.2, 0.25) is 5.02 Å². The molecule has 214 valence electrons. The fourth-order valence-electron chi connectivity index (χ4n) is 4.00. The summed E-state index contributed by atoms with van der Waals surface area (Å²) in [5.74, 6) is -0.238. The van der Waals surface area contributed by atoms with Gasteiger partial charge < -0.3 is 19.7 Å². The second kappa shape index (κ2) is 13.5. The van der Waals surface area contributed by atoms with E-state index in [1.807, 2.05) is 13.8 Å². The molecule has 0 bridgehead atoms. The van der Waals surface area contributed by atoms with E-state index in [9.17, 15) is 18.0 Å². The molecule has 0 spiro atoms. The number of benzene rings is 3. The molecule has 0 aliphatic heterocycles. The molecule has 0 heterocycles. The lowest BCUT2D eigenvalue weighted by molar-refractivity contribution is -0.139. The van der Waals surface area contributed by atoms with Gasteiger partial charge in [-0.2, -0.15) is 0 Å². The van der Waals surface area contributed by atoms with Gasteiger partial charge in [-0.25, -0.2) is 8.42 Å². The van der Waals surface area contributed by atoms with Crippen LogP contribution >= 0.6 is 11.6 Å². The van der Waals surface area contributed by atoms with Crippen molar-refractivity contribution in [3.8, 4) is 11.5 Å². The second-order valence-corrected chi connectivity index (χ2v) is 11.7. The van der Waals surface area contributed by atoms with E-state index in [0.717, 1.165) is 9.87 Å². The Balaban J connectivity index is 2.07. The Bertz CT molecular complexity index is 1420. The van der Waals surface area contributed by atoms with Crippen LogP contribution in [0.5, 0.6) is 11.5 Å². The van der Waals surface area contributed by atoms with Gasteiger partial charge in [0.05, 0.1) is 24.8 Å². The minimum absolute atomic E-state index is 0.00688. The lowest BCUT2D eigenvalue weighted by atomic mass is 10.1. The van der Waals surface area contributed by atoms with Crippen molar-refractivity contribution in [2.75, 3.05) is 25.1 Å². The number of halogens is 1. The summed E-state index contributed by atoms with van der Waals surface area (Å²) in [5, 5.41) is 3.35. The molecule has 11 heteroatoms. The van der Waals surface area contributed by atoms with Gasteiger partial charge in [-0.3, -0.25) is 13.9 Å². The number of ether oxygens (including phenoxy) is 2. The van der Waals surface area contributed by atoms with Gasteiger partial charge in [0.15, 0.2) is 11.5 Å². The number of hydrogen-bond donors (Lipinski definition) is 1. The number of nitrogens with one attached hydrogen (secondary N) is 1. The summed E-state index contributed by atoms with van der Waals surface area (Å²) in [4.78, 5) is 28.3. The first-order valence-corrected chi connectivity index (χ1v) is 14.4. The maximum atomic E-state index is 13.9. The zero-order chi connectivity index (χ0) is 29.4. The quantitative estimate of drug-likeness (QED) is 0.335. The Morgan fingerprint density at radius 1 is 0.900 bits per heavy atom. The van der Waals surface area contributed by atoms with Crippen LogP contribution in [0.15, 0.2) is 77.7 Å². The van der Waals surface area contributed by atoms with E-state index in [-0.39, 0.29) is 29.1 Å². The summed E-state index contributed by atoms with van der Waals surface area (Å²) in [6.07, 6.45) is 0. The van der Waals surface area contributed by atoms with Crippen LogP contribution < -0.4 is 19.1 Å². The Kier molecular flexibility index (Phi) is 10.4. The SMILES string of the molecule is COc1ccc(N(CC(=O)N(Cc2ccc(Cl)cc2)[C@@H](C)C(=O)NC(C)C)S(=O)(=O)c2ccccc2)cc1OC. The highest BCUT2D eigenvalue weighted by atomic mass is 35.5. The molecule has 9 nitrogen and oxygen atoms in total. The van der Waals surface area contributed by atoms with Crippen LogP contribution in [0.4, 0.5) is 5.69 Å². The van der Waals surface area contributed by atoms with E-state index < -0.39 is 28.5 Å². The van der Waals surface area contributed by atoms with Gasteiger partial charge in [0.2, 0.25) is 11.8 Å². The van der Waals surface area contributed by atoms with Crippen molar-refractivity contribution in [1.29, 1.82) is 0 Å². The third-order valence-corrected chi connectivity index (χ3v) is 8.17. The van der Waals surface area contributed by atoms with Crippen molar-refractivity contribution >= 4 is 39.1 Å². The number of amides is 2. The van der Waals surface area contributed by atoms with E-state index in [0.29, 0.717) is 16.5 Å². The predicted octanol–water partition coefficient (Wildman–Crippen LogP) is 4.49. The fourth-order valence-corrected chi connectivity index (χ4v) is 5.56. The first-order chi connectivity index (χ1) is 19.0. The van der Waals surface area contributed by atoms with Crippen LogP contribution in [0.25, 0.3) is 0 Å². The summed E-state index contributed by atoms with van der Waals surface area (Å²) >= 11 is 6.04. The molecule has 0 saturated heterocycles. The molecule has 0 unspecified atom stereocenters. The van der Waals surface area contributed by atoms with Crippen LogP contribution in [0.3, 0.4) is 0 Å². The lowest BCUT2D eigenvalue weighted by Crippen LogP contribution is -2.52. The molecule has 1 N–H and O–H groups in total. The molecule has 1 atom stereocenters. The topological polar surface area (TPSA) is 105 Å². The number of sulfonamides is 1. The summed E-state index contributed by atoms with van der Waals surface area (Å²) in [5.41, 5.74) is 0.922. The maximum Gasteiger partial charge on any atom is 0.264 e. The van der Waals surface area contributed by atoms with Gasteiger partial charge >= 0.3 is 0 Å². The highest BCUT2D eigenvalue weighted by molar-refractivity contribution is 7.92. The van der Waals surface area contributed by atoms with Gasteiger partial charge in [0.1, 0.15) is 12.6 Å². The number of hydrogen-bond acceptors (Lipinski definition) is 6. The zero-order valence-electron chi connectivity index (χ0n) is 23.1. The summed E-state index contributed by atoms with van der Waals surface area (Å²) in [7, 11) is -1.29. The molecule has 3 aromatic carbocycles. The predicted molar refractivity (Wildman–Crippen MR) is 155 cm³/mol. The molecule has 0 radical (unpaired) electrons. The summed E-state index contributed by atoms with van der Waals surface area (Å²) in [6, 6.07) is 18.3. The van der Waals surface area contributed by atoms with E-state index >= 15 is 0 Å². The third kappa shape index (κ3) is 7.45. The minimum atomic E-state index is -4.20. The maximum absolute atomic E-state index is 13.9. The van der Waals surface area contributed by atoms with Crippen molar-refractivity contribution < 1.29 is 27.5 Å². The van der Waals surface area contributed by atoms with Crippen LogP contribution in [-0.2, 0) is 26.2 Å². The lowest BCUT2D eigenvalue weighted by Gasteiger charge is -2.32. The molecule has 40 heavy (non-hydrogen) atoms. The first-order valence-electron chi connectivity index (χ1n) is 12.6. The van der Waals surface area contributed by atoms with Crippen molar-refractivity contribution in [2.24, 2.45) is 0 Å². The van der Waals surface area contributed by atoms with E-state index in [1.165, 1.54) is 43.4 Å². The van der Waals surface area contributed by atoms with Crippen LogP contribution in [0, 0.1) is 0 Å². The normalized spacial score (nSPS) is 12.0. The Morgan fingerprint density at radius 3 is 2.10 bits per heavy atom. The van der Waals surface area contributed by atoms with Crippen LogP contribution in [0.1, 0.15) is 26.3 Å². The van der Waals surface area contributed by atoms with Crippen molar-refractivity contribution in [1.82, 2.24) is 10.2 Å². The molecule has 0 aliphatic carbocycles. The Morgan fingerprint density at radius 2 is 1.52 bits per heavy atom. The Hall–Kier alpha value is -3.76. The van der Waals surface area contributed by atoms with Crippen molar-refractivity contribution in [3.05, 3.63) is 83.4 Å². The highest BCUT2D eigenvalue weighted by Gasteiger charge is 2.33. The molecule has 0 saturated carbocycles. The van der Waals surface area contributed by atoms with E-state index in [4.69, 9.17) is 21.1 Å². The van der Waals surface area contributed by atoms with Gasteiger partial charge in [-0.15, -0.1) is 0 Å². The molecular formula is C29H34ClN3O6S. The van der Waals surface area contributed by atoms with Crippen molar-refractivity contribution in [3.63, 3.8) is 0 Å². The van der Waals surface area contributed by atoms with Gasteiger partial charge in [-0.05, 0) is 62.7 Å². The van der Waals surface area contributed by atoms with Crippen molar-refractivity contribution in [2.45, 2.75) is 44.3 Å². The number of anilines is 1. The highest BCUT2D eigenvalue weighted by Crippen LogP contribution is 2.34. The standard InChI is InChI=1S/C29H34ClN3O6S/c1-20(2)31-29(35)21(3)32(18-22-11-13-23(30)14-12-22)28(34)19-33(40(36,37)25-9-7-6-8-10-25)24-15-16-26(38-4)27(17-24)39-5/h6-17,20-21H,18-19H2,1-5H3,(H,31,35)/t21-/m0/s1. The summed E-state index contributed by atoms with van der Waals surface area (Å²) in [6.45, 7) is 4.74. The van der Waals surface area contributed by atoms with E-state index in [1.54, 1.807) is 55.5 Å². The molecule has 0 fully saturated rings. The number of carbonyl (C=O) groups is 2. The first kappa shape index (κ1) is 30.8. The molecule has 3 aromatic rings. The van der Waals surface area contributed by atoms with E-state index in [2.05, 4.69) is 5.32 Å². The number of nitrogens with zero attached hydrogens (tertiary/aromatic N) is 2. The largest absolute Gasteiger partial charge is 0.493 e. The molecule has 3 rings (SSSR count). The molecule has 0 aromatic heterocycles. The Labute approximate surface area is 240 Å². The van der Waals surface area contributed by atoms with Crippen LogP contribution in [-0.4, -0.2) is 58.0 Å². The average Bonchev–Trinajstić information content (AvgIpc) is 2.94. The second-order valence-electron chi connectivity index (χ2n) is 9.35. The molecule has 2 amide bonds. The molecular weight excluding hydrogens is 554 g/mol. The monoisotopic (exact) mass is 587 g/mol. The average molecular weight is 588 g/mol. The third-order valence-electron chi connectivity index (χ3n) is 6.13. The number of rotatable bonds is 12. The summed E-state index contributed by atoms with van der Waals surface area (Å²) < 4.78 is 39.5. The zero-order valence-corrected chi connectivity index (χ0v) is 24.7. The number of methoxy groups -OCH3 is 2. The van der Waals surface area contributed by atoms with Gasteiger partial charge in [0, 0.05) is 23.7 Å². The van der Waals surface area contributed by atoms with Gasteiger partial charge in [-0.1, -0.05) is 41.9 Å².